The number of rotatable bonds is 5. The molecule has 8 heteroatoms. The van der Waals surface area contributed by atoms with Gasteiger partial charge in [-0.05, 0) is 63.5 Å². The highest BCUT2D eigenvalue weighted by Crippen LogP contribution is 2.22. The molecular formula is C18H26BrN5O2. The van der Waals surface area contributed by atoms with E-state index in [2.05, 4.69) is 38.1 Å². The number of carbonyl (C=O) groups is 1. The number of carbonyl (C=O) groups excluding carboxylic acids is 1. The van der Waals surface area contributed by atoms with Gasteiger partial charge in [0.15, 0.2) is 0 Å². The number of piperidine rings is 1. The molecule has 0 bridgehead atoms. The van der Waals surface area contributed by atoms with E-state index in [1.54, 1.807) is 4.90 Å². The fraction of sp³-hybridized carbons (Fsp3) is 0.556. The lowest BCUT2D eigenvalue weighted by atomic mass is 10.0. The average molecular weight is 424 g/mol. The van der Waals surface area contributed by atoms with Crippen LogP contribution < -0.4 is 5.12 Å². The first-order valence-electron chi connectivity index (χ1n) is 8.69. The Kier molecular flexibility index (Phi) is 7.14. The summed E-state index contributed by atoms with van der Waals surface area (Å²) >= 11 is 3.42. The van der Waals surface area contributed by atoms with Crippen LogP contribution in [0.2, 0.25) is 0 Å². The van der Waals surface area contributed by atoms with Gasteiger partial charge in [-0.25, -0.2) is 4.79 Å². The Balaban J connectivity index is 2.01. The molecule has 1 fully saturated rings. The number of halogens is 1. The van der Waals surface area contributed by atoms with Gasteiger partial charge in [-0.2, -0.15) is 10.2 Å². The topological polar surface area (TPSA) is 69.9 Å². The van der Waals surface area contributed by atoms with Gasteiger partial charge in [0, 0.05) is 17.7 Å². The fourth-order valence-electron chi connectivity index (χ4n) is 2.70. The van der Waals surface area contributed by atoms with E-state index in [9.17, 15) is 4.79 Å². The van der Waals surface area contributed by atoms with Crippen molar-refractivity contribution in [2.45, 2.75) is 51.7 Å². The summed E-state index contributed by atoms with van der Waals surface area (Å²) in [6.07, 6.45) is 2.64. The number of hydrogen-bond acceptors (Lipinski definition) is 5. The van der Waals surface area contributed by atoms with E-state index in [0.717, 1.165) is 29.4 Å². The van der Waals surface area contributed by atoms with Gasteiger partial charge in [0.2, 0.25) is 0 Å². The molecule has 1 atom stereocenters. The molecule has 1 aromatic carbocycles. The zero-order chi connectivity index (χ0) is 19.2. The van der Waals surface area contributed by atoms with Crippen molar-refractivity contribution in [3.63, 3.8) is 0 Å². The van der Waals surface area contributed by atoms with Gasteiger partial charge < -0.3 is 9.64 Å². The lowest BCUT2D eigenvalue weighted by molar-refractivity contribution is 0.0108. The number of likely N-dealkylation sites (tertiary alicyclic amines) is 1. The predicted molar refractivity (Wildman–Crippen MR) is 106 cm³/mol. The molecule has 0 spiro atoms. The van der Waals surface area contributed by atoms with Crippen molar-refractivity contribution in [1.82, 2.24) is 4.90 Å². The number of hydrogen-bond donors (Lipinski definition) is 0. The minimum absolute atomic E-state index is 0.0171. The van der Waals surface area contributed by atoms with E-state index >= 15 is 0 Å². The SMILES string of the molecule is C=NN(N=NCC1CCCCN1C(=O)OC(C)(C)C)c1cccc(Br)c1. The molecule has 1 aromatic rings. The first-order chi connectivity index (χ1) is 12.3. The summed E-state index contributed by atoms with van der Waals surface area (Å²) in [5, 5.41) is 13.6. The maximum atomic E-state index is 12.4. The Hall–Kier alpha value is -1.96. The molecule has 1 unspecified atom stereocenters. The molecule has 0 N–H and O–H groups in total. The second kappa shape index (κ2) is 9.12. The second-order valence-electron chi connectivity index (χ2n) is 7.15. The lowest BCUT2D eigenvalue weighted by Gasteiger charge is -2.35. The van der Waals surface area contributed by atoms with Gasteiger partial charge >= 0.3 is 6.09 Å². The van der Waals surface area contributed by atoms with Crippen LogP contribution in [0.15, 0.2) is 44.2 Å². The zero-order valence-electron chi connectivity index (χ0n) is 15.6. The average Bonchev–Trinajstić information content (AvgIpc) is 2.57. The fourth-order valence-corrected chi connectivity index (χ4v) is 3.09. The van der Waals surface area contributed by atoms with Crippen molar-refractivity contribution >= 4 is 34.4 Å². The quantitative estimate of drug-likeness (QED) is 0.378. The molecule has 1 aliphatic rings. The molecule has 0 saturated carbocycles. The third-order valence-electron chi connectivity index (χ3n) is 3.87. The summed E-state index contributed by atoms with van der Waals surface area (Å²) in [5.74, 6) is 0. The number of anilines is 1. The van der Waals surface area contributed by atoms with Gasteiger partial charge in [0.25, 0.3) is 0 Å². The third-order valence-corrected chi connectivity index (χ3v) is 4.36. The lowest BCUT2D eigenvalue weighted by Crippen LogP contribution is -2.47. The Morgan fingerprint density at radius 3 is 2.85 bits per heavy atom. The number of amides is 1. The molecule has 1 amide bonds. The van der Waals surface area contributed by atoms with Crippen LogP contribution in [0.4, 0.5) is 10.5 Å². The van der Waals surface area contributed by atoms with Gasteiger partial charge in [0.1, 0.15) is 5.60 Å². The molecule has 0 radical (unpaired) electrons. The Labute approximate surface area is 163 Å². The molecule has 1 aliphatic heterocycles. The smallest absolute Gasteiger partial charge is 0.410 e. The molecule has 142 valence electrons. The van der Waals surface area contributed by atoms with Crippen LogP contribution in [-0.2, 0) is 4.74 Å². The van der Waals surface area contributed by atoms with Crippen molar-refractivity contribution in [3.8, 4) is 0 Å². The first-order valence-corrected chi connectivity index (χ1v) is 9.49. The number of hydrazone groups is 1. The van der Waals surface area contributed by atoms with Crippen LogP contribution in [0, 0.1) is 0 Å². The normalized spacial score (nSPS) is 18.0. The van der Waals surface area contributed by atoms with Crippen LogP contribution in [0.5, 0.6) is 0 Å². The second-order valence-corrected chi connectivity index (χ2v) is 8.06. The van der Waals surface area contributed by atoms with Gasteiger partial charge in [-0.3, -0.25) is 0 Å². The standard InChI is InChI=1S/C18H26BrN5O2/c1-18(2,3)26-17(25)23-11-6-5-9-16(23)13-21-22-24(20-4)15-10-7-8-14(19)12-15/h7-8,10,12,16H,4-6,9,11,13H2,1-3H3. The number of ether oxygens (including phenoxy) is 1. The monoisotopic (exact) mass is 423 g/mol. The summed E-state index contributed by atoms with van der Waals surface area (Å²) in [7, 11) is 0. The van der Waals surface area contributed by atoms with E-state index in [4.69, 9.17) is 4.74 Å². The summed E-state index contributed by atoms with van der Waals surface area (Å²) in [6, 6.07) is 7.53. The third kappa shape index (κ3) is 6.09. The van der Waals surface area contributed by atoms with Gasteiger partial charge in [-0.1, -0.05) is 22.0 Å². The van der Waals surface area contributed by atoms with Crippen LogP contribution >= 0.6 is 15.9 Å². The Morgan fingerprint density at radius 2 is 2.19 bits per heavy atom. The van der Waals surface area contributed by atoms with Crippen molar-refractivity contribution in [1.29, 1.82) is 0 Å². The molecule has 26 heavy (non-hydrogen) atoms. The Bertz CT molecular complexity index is 659. The largest absolute Gasteiger partial charge is 0.444 e. The maximum Gasteiger partial charge on any atom is 0.410 e. The van der Waals surface area contributed by atoms with E-state index in [-0.39, 0.29) is 12.1 Å². The van der Waals surface area contributed by atoms with Crippen LogP contribution in [0.25, 0.3) is 0 Å². The van der Waals surface area contributed by atoms with E-state index in [1.807, 2.05) is 45.0 Å². The first kappa shape index (κ1) is 20.4. The molecule has 0 aromatic heterocycles. The van der Waals surface area contributed by atoms with Crippen LogP contribution in [0.1, 0.15) is 40.0 Å². The van der Waals surface area contributed by atoms with Crippen molar-refractivity contribution in [2.24, 2.45) is 15.4 Å². The molecule has 0 aliphatic carbocycles. The zero-order valence-corrected chi connectivity index (χ0v) is 17.1. The van der Waals surface area contributed by atoms with Crippen molar-refractivity contribution < 1.29 is 9.53 Å². The van der Waals surface area contributed by atoms with E-state index in [0.29, 0.717) is 13.1 Å². The molecule has 7 nitrogen and oxygen atoms in total. The predicted octanol–water partition coefficient (Wildman–Crippen LogP) is 5.03. The van der Waals surface area contributed by atoms with Gasteiger partial charge in [0.05, 0.1) is 18.3 Å². The van der Waals surface area contributed by atoms with Gasteiger partial charge in [-0.15, -0.1) is 5.12 Å². The molecular weight excluding hydrogens is 398 g/mol. The molecule has 1 saturated heterocycles. The highest BCUT2D eigenvalue weighted by atomic mass is 79.9. The summed E-state index contributed by atoms with van der Waals surface area (Å²) in [5.41, 5.74) is 0.246. The number of benzene rings is 1. The summed E-state index contributed by atoms with van der Waals surface area (Å²) in [6.45, 7) is 10.2. The molecule has 1 heterocycles. The Morgan fingerprint density at radius 1 is 1.42 bits per heavy atom. The summed E-state index contributed by atoms with van der Waals surface area (Å²) < 4.78 is 6.43. The summed E-state index contributed by atoms with van der Waals surface area (Å²) in [4.78, 5) is 14.2. The van der Waals surface area contributed by atoms with Crippen LogP contribution in [-0.4, -0.2) is 42.4 Å². The van der Waals surface area contributed by atoms with E-state index in [1.165, 1.54) is 5.12 Å². The highest BCUT2D eigenvalue weighted by Gasteiger charge is 2.30. The molecule has 2 rings (SSSR count). The van der Waals surface area contributed by atoms with E-state index < -0.39 is 5.60 Å². The van der Waals surface area contributed by atoms with Crippen molar-refractivity contribution in [3.05, 3.63) is 28.7 Å². The number of nitrogens with zero attached hydrogens (tertiary/aromatic N) is 5. The van der Waals surface area contributed by atoms with Crippen LogP contribution in [0.3, 0.4) is 0 Å². The highest BCUT2D eigenvalue weighted by molar-refractivity contribution is 9.10. The minimum atomic E-state index is -0.509. The minimum Gasteiger partial charge on any atom is -0.444 e. The maximum absolute atomic E-state index is 12.4. The van der Waals surface area contributed by atoms with Crippen molar-refractivity contribution in [2.75, 3.05) is 18.2 Å².